The van der Waals surface area contributed by atoms with Crippen LogP contribution in [0, 0.1) is 11.3 Å². The summed E-state index contributed by atoms with van der Waals surface area (Å²) in [5.41, 5.74) is 1.93. The van der Waals surface area contributed by atoms with Crippen LogP contribution in [0.15, 0.2) is 34.8 Å². The van der Waals surface area contributed by atoms with Crippen molar-refractivity contribution in [3.8, 4) is 29.1 Å². The van der Waals surface area contributed by atoms with Gasteiger partial charge < -0.3 is 19.3 Å². The van der Waals surface area contributed by atoms with Crippen LogP contribution in [0.25, 0.3) is 11.6 Å². The molecule has 0 aliphatic carbocycles. The van der Waals surface area contributed by atoms with Crippen LogP contribution >= 0.6 is 15.9 Å². The number of halogens is 1. The van der Waals surface area contributed by atoms with E-state index in [1.165, 1.54) is 0 Å². The van der Waals surface area contributed by atoms with Gasteiger partial charge in [0.15, 0.2) is 23.0 Å². The Kier molecular flexibility index (Phi) is 4.63. The largest absolute Gasteiger partial charge is 0.503 e. The molecular weight excluding hydrogens is 374 g/mol. The van der Waals surface area contributed by atoms with Crippen molar-refractivity contribution in [3.63, 3.8) is 0 Å². The molecule has 2 aromatic rings. The molecule has 0 unspecified atom stereocenters. The quantitative estimate of drug-likeness (QED) is 0.623. The van der Waals surface area contributed by atoms with Crippen molar-refractivity contribution in [2.24, 2.45) is 0 Å². The van der Waals surface area contributed by atoms with E-state index in [-0.39, 0.29) is 12.5 Å². The Labute approximate surface area is 147 Å². The molecule has 0 amide bonds. The summed E-state index contributed by atoms with van der Waals surface area (Å²) in [6, 6.07) is 11.0. The number of nitrogens with zero attached hydrogens (tertiary/aromatic N) is 1. The topological polar surface area (TPSA) is 71.7 Å². The van der Waals surface area contributed by atoms with E-state index >= 15 is 0 Å². The van der Waals surface area contributed by atoms with Gasteiger partial charge in [-0.1, -0.05) is 0 Å². The number of allylic oxidation sites excluding steroid dienone is 1. The highest BCUT2D eigenvalue weighted by Gasteiger charge is 2.15. The summed E-state index contributed by atoms with van der Waals surface area (Å²) in [4.78, 5) is 0. The Bertz CT molecular complexity index is 855. The third-order valence-electron chi connectivity index (χ3n) is 3.47. The Hall–Kier alpha value is -2.65. The first-order chi connectivity index (χ1) is 11.6. The summed E-state index contributed by atoms with van der Waals surface area (Å²) in [6.07, 6.45) is 1.73. The van der Waals surface area contributed by atoms with E-state index in [0.717, 1.165) is 11.1 Å². The molecular formula is C18H14BrNO4. The zero-order valence-corrected chi connectivity index (χ0v) is 14.5. The van der Waals surface area contributed by atoms with Gasteiger partial charge in [0.25, 0.3) is 0 Å². The number of hydrogen-bond donors (Lipinski definition) is 1. The van der Waals surface area contributed by atoms with Crippen molar-refractivity contribution in [1.82, 2.24) is 0 Å². The second kappa shape index (κ2) is 6.85. The molecule has 24 heavy (non-hydrogen) atoms. The van der Waals surface area contributed by atoms with Crippen LogP contribution in [0.3, 0.4) is 0 Å². The number of rotatable bonds is 4. The molecule has 0 saturated heterocycles. The molecule has 0 spiro atoms. The minimum Gasteiger partial charge on any atom is -0.503 e. The molecule has 1 heterocycles. The van der Waals surface area contributed by atoms with Crippen LogP contribution in [0.4, 0.5) is 0 Å². The predicted molar refractivity (Wildman–Crippen MR) is 93.0 cm³/mol. The highest BCUT2D eigenvalue weighted by atomic mass is 79.9. The number of phenolic OH excluding ortho intramolecular Hbond substituents is 1. The maximum atomic E-state index is 9.98. The lowest BCUT2D eigenvalue weighted by molar-refractivity contribution is 0.174. The van der Waals surface area contributed by atoms with Crippen molar-refractivity contribution in [2.75, 3.05) is 13.4 Å². The van der Waals surface area contributed by atoms with Gasteiger partial charge in [-0.3, -0.25) is 0 Å². The van der Waals surface area contributed by atoms with Gasteiger partial charge in [-0.25, -0.2) is 0 Å². The number of ether oxygens (including phenoxy) is 3. The zero-order valence-electron chi connectivity index (χ0n) is 12.9. The van der Waals surface area contributed by atoms with E-state index in [1.54, 1.807) is 30.3 Å². The number of aromatic hydroxyl groups is 1. The molecule has 6 heteroatoms. The SMILES string of the molecule is CCOc1cc(/C=C(/C#N)c2ccc3c(c2)OCO3)cc(Br)c1O. The fourth-order valence-corrected chi connectivity index (χ4v) is 2.81. The summed E-state index contributed by atoms with van der Waals surface area (Å²) >= 11 is 3.30. The molecule has 2 aromatic carbocycles. The van der Waals surface area contributed by atoms with E-state index in [1.807, 2.05) is 13.0 Å². The van der Waals surface area contributed by atoms with Crippen molar-refractivity contribution < 1.29 is 19.3 Å². The Morgan fingerprint density at radius 1 is 1.33 bits per heavy atom. The standard InChI is InChI=1S/C18H14BrNO4/c1-2-22-17-7-11(6-14(19)18(17)21)5-13(9-20)12-3-4-15-16(8-12)24-10-23-15/h3-8,21H,2,10H2,1H3/b13-5-. The minimum atomic E-state index is 0.0376. The Morgan fingerprint density at radius 3 is 2.88 bits per heavy atom. The molecule has 122 valence electrons. The first-order valence-corrected chi connectivity index (χ1v) is 8.08. The van der Waals surface area contributed by atoms with E-state index in [9.17, 15) is 10.4 Å². The number of fused-ring (bicyclic) bond motifs is 1. The fraction of sp³-hybridized carbons (Fsp3) is 0.167. The van der Waals surface area contributed by atoms with Crippen LogP contribution in [-0.2, 0) is 0 Å². The molecule has 0 bridgehead atoms. The second-order valence-electron chi connectivity index (χ2n) is 5.02. The van der Waals surface area contributed by atoms with Gasteiger partial charge in [-0.15, -0.1) is 0 Å². The predicted octanol–water partition coefficient (Wildman–Crippen LogP) is 4.35. The van der Waals surface area contributed by atoms with Crippen molar-refractivity contribution >= 4 is 27.6 Å². The zero-order chi connectivity index (χ0) is 17.1. The average molecular weight is 388 g/mol. The summed E-state index contributed by atoms with van der Waals surface area (Å²) in [5, 5.41) is 19.5. The molecule has 1 aliphatic heterocycles. The lowest BCUT2D eigenvalue weighted by Gasteiger charge is -2.09. The van der Waals surface area contributed by atoms with Gasteiger partial charge in [0.1, 0.15) is 0 Å². The molecule has 3 rings (SSSR count). The van der Waals surface area contributed by atoms with Crippen LogP contribution in [0.1, 0.15) is 18.1 Å². The molecule has 1 N–H and O–H groups in total. The number of benzene rings is 2. The first-order valence-electron chi connectivity index (χ1n) is 7.29. The van der Waals surface area contributed by atoms with E-state index in [4.69, 9.17) is 14.2 Å². The highest BCUT2D eigenvalue weighted by Crippen LogP contribution is 2.38. The second-order valence-corrected chi connectivity index (χ2v) is 5.87. The maximum absolute atomic E-state index is 9.98. The molecule has 0 aromatic heterocycles. The van der Waals surface area contributed by atoms with Gasteiger partial charge >= 0.3 is 0 Å². The van der Waals surface area contributed by atoms with Crippen molar-refractivity contribution in [2.45, 2.75) is 6.92 Å². The van der Waals surface area contributed by atoms with E-state index in [0.29, 0.717) is 33.9 Å². The summed E-state index contributed by atoms with van der Waals surface area (Å²) < 4.78 is 16.5. The number of hydrogen-bond acceptors (Lipinski definition) is 5. The monoisotopic (exact) mass is 387 g/mol. The number of phenols is 1. The summed E-state index contributed by atoms with van der Waals surface area (Å²) in [6.45, 7) is 2.45. The van der Waals surface area contributed by atoms with E-state index in [2.05, 4.69) is 22.0 Å². The van der Waals surface area contributed by atoms with Gasteiger partial charge in [0.05, 0.1) is 22.7 Å². The third kappa shape index (κ3) is 3.17. The van der Waals surface area contributed by atoms with Gasteiger partial charge in [-0.2, -0.15) is 5.26 Å². The maximum Gasteiger partial charge on any atom is 0.231 e. The molecule has 0 atom stereocenters. The summed E-state index contributed by atoms with van der Waals surface area (Å²) in [5.74, 6) is 1.69. The Balaban J connectivity index is 2.01. The number of nitriles is 1. The van der Waals surface area contributed by atoms with Crippen LogP contribution in [0.5, 0.6) is 23.0 Å². The third-order valence-corrected chi connectivity index (χ3v) is 4.07. The normalized spacial score (nSPS) is 12.8. The Morgan fingerprint density at radius 2 is 2.12 bits per heavy atom. The minimum absolute atomic E-state index is 0.0376. The van der Waals surface area contributed by atoms with Crippen LogP contribution in [0.2, 0.25) is 0 Å². The van der Waals surface area contributed by atoms with Crippen molar-refractivity contribution in [1.29, 1.82) is 5.26 Å². The lowest BCUT2D eigenvalue weighted by atomic mass is 10.0. The van der Waals surface area contributed by atoms with Crippen LogP contribution < -0.4 is 14.2 Å². The van der Waals surface area contributed by atoms with Crippen LogP contribution in [-0.4, -0.2) is 18.5 Å². The average Bonchev–Trinajstić information content (AvgIpc) is 3.04. The molecule has 0 radical (unpaired) electrons. The van der Waals surface area contributed by atoms with Gasteiger partial charge in [0, 0.05) is 0 Å². The lowest BCUT2D eigenvalue weighted by Crippen LogP contribution is -1.93. The smallest absolute Gasteiger partial charge is 0.231 e. The molecule has 0 saturated carbocycles. The first kappa shape index (κ1) is 16.2. The molecule has 0 fully saturated rings. The highest BCUT2D eigenvalue weighted by molar-refractivity contribution is 9.10. The molecule has 1 aliphatic rings. The molecule has 5 nitrogen and oxygen atoms in total. The fourth-order valence-electron chi connectivity index (χ4n) is 2.35. The van der Waals surface area contributed by atoms with Crippen molar-refractivity contribution in [3.05, 3.63) is 45.9 Å². The van der Waals surface area contributed by atoms with Gasteiger partial charge in [0.2, 0.25) is 6.79 Å². The van der Waals surface area contributed by atoms with Gasteiger partial charge in [-0.05, 0) is 70.4 Å². The van der Waals surface area contributed by atoms with E-state index < -0.39 is 0 Å². The summed E-state index contributed by atoms with van der Waals surface area (Å²) in [7, 11) is 0.